The number of fused-ring (bicyclic) bond motifs is 14. The molecule has 2 unspecified atom stereocenters. The van der Waals surface area contributed by atoms with E-state index in [1.807, 2.05) is 0 Å². The molecule has 0 fully saturated rings. The van der Waals surface area contributed by atoms with Crippen LogP contribution < -0.4 is 14.4 Å². The van der Waals surface area contributed by atoms with Crippen molar-refractivity contribution in [1.82, 2.24) is 0 Å². The van der Waals surface area contributed by atoms with Crippen molar-refractivity contribution in [3.05, 3.63) is 234 Å². The molecule has 1 spiro atoms. The van der Waals surface area contributed by atoms with E-state index in [2.05, 4.69) is 211 Å². The van der Waals surface area contributed by atoms with E-state index in [9.17, 15) is 0 Å². The zero-order chi connectivity index (χ0) is 40.8. The van der Waals surface area contributed by atoms with Gasteiger partial charge in [-0.3, -0.25) is 0 Å². The fourth-order valence-electron chi connectivity index (χ4n) is 11.2. The molecule has 1 heterocycles. The zero-order valence-corrected chi connectivity index (χ0v) is 34.1. The van der Waals surface area contributed by atoms with Crippen molar-refractivity contribution in [2.24, 2.45) is 5.92 Å². The van der Waals surface area contributed by atoms with E-state index in [1.54, 1.807) is 0 Å². The van der Waals surface area contributed by atoms with Gasteiger partial charge in [-0.05, 0) is 122 Å². The first-order valence-electron chi connectivity index (χ1n) is 21.8. The summed E-state index contributed by atoms with van der Waals surface area (Å²) in [4.78, 5) is 2.39. The van der Waals surface area contributed by atoms with Crippen molar-refractivity contribution in [1.29, 1.82) is 0 Å². The standard InChI is InChI=1S/C59H41NO2/c1-2-13-38(14-3-1)39-25-27-40(28-26-39)41-29-31-43(32-30-41)60(53-24-12-16-42-15-4-5-17-45(42)53)44-33-35-54-56(37-44)62-58-55(61-54)36-34-52-57(58)48-20-8-11-23-51(48)59(52)49-21-9-6-18-46(49)47-19-7-10-22-50(47)59/h1-4,6-16,18-21,23-37,50H,5,17,22H2. The van der Waals surface area contributed by atoms with Crippen molar-refractivity contribution in [3.63, 3.8) is 0 Å². The van der Waals surface area contributed by atoms with Gasteiger partial charge in [0.25, 0.3) is 0 Å². The Labute approximate surface area is 362 Å². The van der Waals surface area contributed by atoms with Gasteiger partial charge in [0, 0.05) is 28.9 Å². The predicted molar refractivity (Wildman–Crippen MR) is 253 cm³/mol. The maximum absolute atomic E-state index is 7.21. The van der Waals surface area contributed by atoms with Gasteiger partial charge in [0.15, 0.2) is 23.0 Å². The van der Waals surface area contributed by atoms with Gasteiger partial charge in [0.05, 0.1) is 11.1 Å². The second-order valence-electron chi connectivity index (χ2n) is 17.0. The van der Waals surface area contributed by atoms with E-state index in [-0.39, 0.29) is 11.3 Å². The molecule has 2 atom stereocenters. The first kappa shape index (κ1) is 35.2. The van der Waals surface area contributed by atoms with Gasteiger partial charge in [-0.25, -0.2) is 0 Å². The summed E-state index contributed by atoms with van der Waals surface area (Å²) in [5.41, 5.74) is 19.5. The van der Waals surface area contributed by atoms with Gasteiger partial charge in [-0.1, -0.05) is 164 Å². The molecule has 1 aliphatic heterocycles. The number of anilines is 3. The molecule has 294 valence electrons. The number of nitrogens with zero attached hydrogens (tertiary/aromatic N) is 1. The molecular formula is C59H41NO2. The lowest BCUT2D eigenvalue weighted by atomic mass is 9.65. The maximum atomic E-state index is 7.21. The molecule has 0 radical (unpaired) electrons. The Bertz CT molecular complexity index is 3210. The van der Waals surface area contributed by atoms with Crippen LogP contribution in [0.5, 0.6) is 23.0 Å². The number of rotatable bonds is 5. The van der Waals surface area contributed by atoms with E-state index >= 15 is 0 Å². The van der Waals surface area contributed by atoms with E-state index in [0.717, 1.165) is 47.7 Å². The molecule has 8 aromatic carbocycles. The molecule has 3 nitrogen and oxygen atoms in total. The fourth-order valence-corrected chi connectivity index (χ4v) is 11.2. The lowest BCUT2D eigenvalue weighted by Gasteiger charge is -2.36. The van der Waals surface area contributed by atoms with Crippen LogP contribution in [0.4, 0.5) is 17.1 Å². The lowest BCUT2D eigenvalue weighted by molar-refractivity contribution is 0.360. The number of benzene rings is 8. The van der Waals surface area contributed by atoms with Crippen LogP contribution in [-0.2, 0) is 11.8 Å². The second-order valence-corrected chi connectivity index (χ2v) is 17.0. The highest BCUT2D eigenvalue weighted by molar-refractivity contribution is 5.96. The van der Waals surface area contributed by atoms with Gasteiger partial charge < -0.3 is 14.4 Å². The first-order valence-corrected chi connectivity index (χ1v) is 21.8. The Kier molecular flexibility index (Phi) is 7.77. The van der Waals surface area contributed by atoms with Crippen LogP contribution in [0.2, 0.25) is 0 Å². The topological polar surface area (TPSA) is 21.7 Å². The Morgan fingerprint density at radius 3 is 2.00 bits per heavy atom. The molecule has 0 bridgehead atoms. The van der Waals surface area contributed by atoms with E-state index in [1.165, 1.54) is 72.5 Å². The van der Waals surface area contributed by atoms with Crippen LogP contribution in [0.15, 0.2) is 200 Å². The van der Waals surface area contributed by atoms with E-state index in [4.69, 9.17) is 9.47 Å². The average Bonchev–Trinajstić information content (AvgIpc) is 3.82. The molecule has 0 N–H and O–H groups in total. The molecule has 3 heteroatoms. The molecule has 0 saturated heterocycles. The minimum Gasteiger partial charge on any atom is -0.449 e. The quantitative estimate of drug-likeness (QED) is 0.173. The third-order valence-electron chi connectivity index (χ3n) is 13.9. The van der Waals surface area contributed by atoms with E-state index in [0.29, 0.717) is 11.5 Å². The Hall–Kier alpha value is -7.62. The summed E-state index contributed by atoms with van der Waals surface area (Å²) < 4.78 is 14.0. The van der Waals surface area contributed by atoms with Crippen molar-refractivity contribution < 1.29 is 9.47 Å². The van der Waals surface area contributed by atoms with Gasteiger partial charge in [-0.2, -0.15) is 0 Å². The summed E-state index contributed by atoms with van der Waals surface area (Å²) in [6, 6.07) is 63.9. The monoisotopic (exact) mass is 795 g/mol. The normalized spacial score (nSPS) is 17.9. The highest BCUT2D eigenvalue weighted by atomic mass is 16.6. The molecule has 0 saturated carbocycles. The molecule has 62 heavy (non-hydrogen) atoms. The second kappa shape index (κ2) is 13.7. The zero-order valence-electron chi connectivity index (χ0n) is 34.1. The first-order chi connectivity index (χ1) is 30.7. The van der Waals surface area contributed by atoms with Crippen molar-refractivity contribution in [3.8, 4) is 56.4 Å². The SMILES string of the molecule is C1=CCC2C(=C1)c1ccccc1C21c2ccccc2-c2c1ccc1c2Oc2cc(N(c3ccc(-c4ccc(-c5ccccc5)cc4)cc3)c3cccc4c3CCC=C4)ccc2O1. The van der Waals surface area contributed by atoms with Gasteiger partial charge >= 0.3 is 0 Å². The van der Waals surface area contributed by atoms with Crippen LogP contribution in [-0.4, -0.2) is 0 Å². The molecule has 5 aliphatic rings. The van der Waals surface area contributed by atoms with Gasteiger partial charge in [0.1, 0.15) is 0 Å². The van der Waals surface area contributed by atoms with E-state index < -0.39 is 0 Å². The van der Waals surface area contributed by atoms with Crippen molar-refractivity contribution in [2.45, 2.75) is 24.7 Å². The Morgan fingerprint density at radius 1 is 0.516 bits per heavy atom. The molecule has 0 aromatic heterocycles. The largest absolute Gasteiger partial charge is 0.449 e. The molecule has 0 amide bonds. The Balaban J connectivity index is 0.918. The van der Waals surface area contributed by atoms with Crippen LogP contribution in [0.25, 0.3) is 45.0 Å². The summed E-state index contributed by atoms with van der Waals surface area (Å²) in [7, 11) is 0. The number of hydrogen-bond donors (Lipinski definition) is 0. The minimum atomic E-state index is -0.326. The third kappa shape index (κ3) is 5.12. The van der Waals surface area contributed by atoms with Crippen LogP contribution in [0, 0.1) is 5.92 Å². The van der Waals surface area contributed by atoms with Gasteiger partial charge in [0.2, 0.25) is 0 Å². The molecule has 8 aromatic rings. The predicted octanol–water partition coefficient (Wildman–Crippen LogP) is 15.6. The number of hydrogen-bond acceptors (Lipinski definition) is 3. The van der Waals surface area contributed by atoms with Crippen LogP contribution in [0.1, 0.15) is 46.2 Å². The Morgan fingerprint density at radius 2 is 1.19 bits per heavy atom. The van der Waals surface area contributed by atoms with Gasteiger partial charge in [-0.15, -0.1) is 0 Å². The van der Waals surface area contributed by atoms with Crippen LogP contribution in [0.3, 0.4) is 0 Å². The highest BCUT2D eigenvalue weighted by Crippen LogP contribution is 2.68. The molecule has 13 rings (SSSR count). The molecular weight excluding hydrogens is 755 g/mol. The average molecular weight is 796 g/mol. The van der Waals surface area contributed by atoms with Crippen molar-refractivity contribution >= 4 is 28.7 Å². The smallest absolute Gasteiger partial charge is 0.178 e. The fraction of sp³-hybridized carbons (Fsp3) is 0.0847. The summed E-state index contributed by atoms with van der Waals surface area (Å²) in [5.74, 6) is 3.24. The highest BCUT2D eigenvalue weighted by Gasteiger charge is 2.57. The summed E-state index contributed by atoms with van der Waals surface area (Å²) in [5, 5.41) is 0. The lowest BCUT2D eigenvalue weighted by Crippen LogP contribution is -2.32. The van der Waals surface area contributed by atoms with Crippen molar-refractivity contribution in [2.75, 3.05) is 4.90 Å². The summed E-state index contributed by atoms with van der Waals surface area (Å²) >= 11 is 0. The maximum Gasteiger partial charge on any atom is 0.178 e. The minimum absolute atomic E-state index is 0.286. The third-order valence-corrected chi connectivity index (χ3v) is 13.9. The van der Waals surface area contributed by atoms with Crippen LogP contribution >= 0.6 is 0 Å². The number of ether oxygens (including phenoxy) is 2. The summed E-state index contributed by atoms with van der Waals surface area (Å²) in [6.07, 6.45) is 14.4. The molecule has 4 aliphatic carbocycles. The number of allylic oxidation sites excluding steroid dienone is 5. The summed E-state index contributed by atoms with van der Waals surface area (Å²) in [6.45, 7) is 0.